The number of H-pyrrole nitrogens is 2. The fourth-order valence-electron chi connectivity index (χ4n) is 3.21. The summed E-state index contributed by atoms with van der Waals surface area (Å²) in [5.41, 5.74) is 0.885. The Kier molecular flexibility index (Phi) is 3.16. The van der Waals surface area contributed by atoms with Crippen molar-refractivity contribution in [1.82, 2.24) is 25.3 Å². The molecule has 1 atom stereocenters. The molecule has 3 N–H and O–H groups in total. The lowest BCUT2D eigenvalue weighted by atomic mass is 9.89. The number of benzene rings is 1. The highest BCUT2D eigenvalue weighted by molar-refractivity contribution is 5.98. The number of piperidine rings is 1. The summed E-state index contributed by atoms with van der Waals surface area (Å²) in [5, 5.41) is 22.1. The summed E-state index contributed by atoms with van der Waals surface area (Å²) in [4.78, 5) is 17.6. The number of aromatic amines is 2. The highest BCUT2D eigenvalue weighted by Crippen LogP contribution is 2.30. The first-order valence-corrected chi connectivity index (χ1v) is 7.61. The number of carbonyl (C=O) groups is 1. The topological polar surface area (TPSA) is 97.9 Å². The van der Waals surface area contributed by atoms with Gasteiger partial charge in [-0.3, -0.25) is 4.79 Å². The number of β-amino-alcohol motifs (C(OH)–C–C–N with tert-alkyl or cyclic N) is 1. The number of fused-ring (bicyclic) bond motifs is 1. The van der Waals surface area contributed by atoms with Gasteiger partial charge in [0.25, 0.3) is 5.91 Å². The van der Waals surface area contributed by atoms with E-state index in [0.717, 1.165) is 17.3 Å². The molecule has 1 fully saturated rings. The molecule has 2 aromatic heterocycles. The van der Waals surface area contributed by atoms with Crippen molar-refractivity contribution in [2.24, 2.45) is 0 Å². The van der Waals surface area contributed by atoms with Crippen LogP contribution in [0.3, 0.4) is 0 Å². The van der Waals surface area contributed by atoms with Gasteiger partial charge < -0.3 is 15.0 Å². The predicted octanol–water partition coefficient (Wildman–Crippen LogP) is 1.41. The van der Waals surface area contributed by atoms with Crippen LogP contribution in [0.5, 0.6) is 0 Å². The maximum absolute atomic E-state index is 12.8. The number of aliphatic hydroxyl groups is 1. The van der Waals surface area contributed by atoms with Gasteiger partial charge in [-0.15, -0.1) is 0 Å². The summed E-state index contributed by atoms with van der Waals surface area (Å²) in [6.45, 7) is 0.850. The monoisotopic (exact) mass is 311 g/mol. The number of carbonyl (C=O) groups excluding carboxylic acids is 1. The van der Waals surface area contributed by atoms with Crippen LogP contribution in [0, 0.1) is 0 Å². The van der Waals surface area contributed by atoms with Crippen LogP contribution in [0.1, 0.15) is 28.9 Å². The zero-order valence-electron chi connectivity index (χ0n) is 12.5. The Balaban J connectivity index is 1.60. The molecule has 0 radical (unpaired) electrons. The number of nitrogens with one attached hydrogen (secondary N) is 2. The van der Waals surface area contributed by atoms with Crippen molar-refractivity contribution in [1.29, 1.82) is 0 Å². The summed E-state index contributed by atoms with van der Waals surface area (Å²) < 4.78 is 0. The van der Waals surface area contributed by atoms with E-state index in [1.807, 2.05) is 30.5 Å². The summed E-state index contributed by atoms with van der Waals surface area (Å²) in [5.74, 6) is -0.0804. The Morgan fingerprint density at radius 3 is 3.09 bits per heavy atom. The molecule has 0 aliphatic carbocycles. The van der Waals surface area contributed by atoms with Crippen LogP contribution in [-0.4, -0.2) is 49.4 Å². The molecule has 1 saturated heterocycles. The quantitative estimate of drug-likeness (QED) is 0.666. The third kappa shape index (κ3) is 2.39. The SMILES string of the molecule is O=C(c1ccc2cc[nH]c2c1)N1CCCC(O)(c2cn[nH]n2)C1. The van der Waals surface area contributed by atoms with Crippen molar-refractivity contribution in [3.63, 3.8) is 0 Å². The molecule has 7 nitrogen and oxygen atoms in total. The molecular formula is C16H17N5O2. The molecule has 118 valence electrons. The Bertz CT molecular complexity index is 841. The van der Waals surface area contributed by atoms with Gasteiger partial charge in [-0.2, -0.15) is 15.4 Å². The third-order valence-corrected chi connectivity index (χ3v) is 4.45. The highest BCUT2D eigenvalue weighted by Gasteiger charge is 2.39. The smallest absolute Gasteiger partial charge is 0.254 e. The van der Waals surface area contributed by atoms with E-state index in [4.69, 9.17) is 0 Å². The van der Waals surface area contributed by atoms with Crippen molar-refractivity contribution in [2.45, 2.75) is 18.4 Å². The van der Waals surface area contributed by atoms with Crippen LogP contribution in [0.4, 0.5) is 0 Å². The Morgan fingerprint density at radius 2 is 2.26 bits per heavy atom. The summed E-state index contributed by atoms with van der Waals surface area (Å²) in [6.07, 6.45) is 4.65. The summed E-state index contributed by atoms with van der Waals surface area (Å²) in [7, 11) is 0. The van der Waals surface area contributed by atoms with Gasteiger partial charge in [-0.25, -0.2) is 0 Å². The first-order valence-electron chi connectivity index (χ1n) is 7.61. The average molecular weight is 311 g/mol. The van der Waals surface area contributed by atoms with Crippen LogP contribution in [0.25, 0.3) is 10.9 Å². The largest absolute Gasteiger partial charge is 0.382 e. The molecule has 1 unspecified atom stereocenters. The number of nitrogens with zero attached hydrogens (tertiary/aromatic N) is 3. The van der Waals surface area contributed by atoms with Crippen LogP contribution in [-0.2, 0) is 5.60 Å². The van der Waals surface area contributed by atoms with Crippen molar-refractivity contribution < 1.29 is 9.90 Å². The van der Waals surface area contributed by atoms with Gasteiger partial charge in [0.05, 0.1) is 12.7 Å². The summed E-state index contributed by atoms with van der Waals surface area (Å²) >= 11 is 0. The van der Waals surface area contributed by atoms with Crippen LogP contribution >= 0.6 is 0 Å². The Hall–Kier alpha value is -2.67. The van der Waals surface area contributed by atoms with Crippen molar-refractivity contribution >= 4 is 16.8 Å². The molecule has 1 aliphatic rings. The van der Waals surface area contributed by atoms with E-state index < -0.39 is 5.60 Å². The van der Waals surface area contributed by atoms with Gasteiger partial charge in [0.2, 0.25) is 0 Å². The number of rotatable bonds is 2. The maximum atomic E-state index is 12.8. The van der Waals surface area contributed by atoms with Gasteiger partial charge in [0.1, 0.15) is 11.3 Å². The minimum Gasteiger partial charge on any atom is -0.382 e. The molecule has 3 heterocycles. The number of amides is 1. The van der Waals surface area contributed by atoms with Crippen molar-refractivity contribution in [3.05, 3.63) is 47.9 Å². The van der Waals surface area contributed by atoms with Crippen LogP contribution in [0.15, 0.2) is 36.7 Å². The van der Waals surface area contributed by atoms with Crippen molar-refractivity contribution in [3.8, 4) is 0 Å². The van der Waals surface area contributed by atoms with E-state index in [9.17, 15) is 9.90 Å². The number of aromatic nitrogens is 4. The van der Waals surface area contributed by atoms with E-state index in [-0.39, 0.29) is 12.5 Å². The third-order valence-electron chi connectivity index (χ3n) is 4.45. The van der Waals surface area contributed by atoms with Crippen molar-refractivity contribution in [2.75, 3.05) is 13.1 Å². The van der Waals surface area contributed by atoms with Gasteiger partial charge in [-0.05, 0) is 36.4 Å². The molecule has 3 aromatic rings. The molecule has 0 saturated carbocycles. The molecule has 1 aliphatic heterocycles. The Labute approximate surface area is 132 Å². The molecule has 7 heteroatoms. The van der Waals surface area contributed by atoms with E-state index >= 15 is 0 Å². The average Bonchev–Trinajstić information content (AvgIpc) is 3.25. The second-order valence-corrected chi connectivity index (χ2v) is 6.00. The minimum atomic E-state index is -1.14. The lowest BCUT2D eigenvalue weighted by Gasteiger charge is -2.38. The van der Waals surface area contributed by atoms with Gasteiger partial charge >= 0.3 is 0 Å². The zero-order chi connectivity index (χ0) is 15.9. The highest BCUT2D eigenvalue weighted by atomic mass is 16.3. The number of hydrogen-bond donors (Lipinski definition) is 3. The molecule has 23 heavy (non-hydrogen) atoms. The number of likely N-dealkylation sites (tertiary alicyclic amines) is 1. The molecular weight excluding hydrogens is 294 g/mol. The normalized spacial score (nSPS) is 21.7. The van der Waals surface area contributed by atoms with Gasteiger partial charge in [0, 0.05) is 23.8 Å². The lowest BCUT2D eigenvalue weighted by Crippen LogP contribution is -2.48. The van der Waals surface area contributed by atoms with Crippen LogP contribution < -0.4 is 0 Å². The second kappa shape index (κ2) is 5.20. The van der Waals surface area contributed by atoms with E-state index in [2.05, 4.69) is 20.4 Å². The lowest BCUT2D eigenvalue weighted by molar-refractivity contribution is -0.0320. The molecule has 0 bridgehead atoms. The minimum absolute atomic E-state index is 0.0804. The van der Waals surface area contributed by atoms with E-state index in [1.165, 1.54) is 6.20 Å². The first-order chi connectivity index (χ1) is 11.2. The number of hydrogen-bond acceptors (Lipinski definition) is 4. The fraction of sp³-hybridized carbons (Fsp3) is 0.312. The maximum Gasteiger partial charge on any atom is 0.254 e. The van der Waals surface area contributed by atoms with Crippen LogP contribution in [0.2, 0.25) is 0 Å². The standard InChI is InChI=1S/C16H17N5O2/c22-15(12-3-2-11-4-6-17-13(11)8-12)21-7-1-5-16(23,10-21)14-9-18-20-19-14/h2-4,6,8-9,17,23H,1,5,7,10H2,(H,18,19,20). The molecule has 4 rings (SSSR count). The zero-order valence-corrected chi connectivity index (χ0v) is 12.5. The van der Waals surface area contributed by atoms with E-state index in [0.29, 0.717) is 24.2 Å². The molecule has 1 aromatic carbocycles. The molecule has 1 amide bonds. The van der Waals surface area contributed by atoms with Gasteiger partial charge in [-0.1, -0.05) is 6.07 Å². The Morgan fingerprint density at radius 1 is 1.35 bits per heavy atom. The van der Waals surface area contributed by atoms with Gasteiger partial charge in [0.15, 0.2) is 0 Å². The van der Waals surface area contributed by atoms with E-state index in [1.54, 1.807) is 4.90 Å². The first kappa shape index (κ1) is 14.0. The summed E-state index contributed by atoms with van der Waals surface area (Å²) in [6, 6.07) is 7.56. The molecule has 0 spiro atoms. The second-order valence-electron chi connectivity index (χ2n) is 6.00. The predicted molar refractivity (Wildman–Crippen MR) is 83.7 cm³/mol. The fourth-order valence-corrected chi connectivity index (χ4v) is 3.21.